The number of benzene rings is 1. The number of fused-ring (bicyclic) bond motifs is 3. The van der Waals surface area contributed by atoms with Crippen molar-refractivity contribution in [1.29, 1.82) is 0 Å². The molecule has 170 valence electrons. The van der Waals surface area contributed by atoms with Crippen LogP contribution in [0.25, 0.3) is 5.69 Å². The Hall–Kier alpha value is -2.78. The zero-order chi connectivity index (χ0) is 22.3. The van der Waals surface area contributed by atoms with Crippen LogP contribution >= 0.6 is 11.6 Å². The molecule has 1 spiro atoms. The maximum absolute atomic E-state index is 13.5. The Kier molecular flexibility index (Phi) is 4.09. The summed E-state index contributed by atoms with van der Waals surface area (Å²) in [5, 5.41) is 9.99. The van der Waals surface area contributed by atoms with Crippen LogP contribution in [0.15, 0.2) is 24.4 Å². The molecule has 7 rings (SSSR count). The van der Waals surface area contributed by atoms with Gasteiger partial charge in [-0.1, -0.05) is 11.6 Å². The Balaban J connectivity index is 1.13. The van der Waals surface area contributed by atoms with Gasteiger partial charge in [-0.25, -0.2) is 14.4 Å². The Labute approximate surface area is 196 Å². The standard InChI is InChI=1S/C23H24ClFN8/c1-14-18(25)7-26-21(27-14)31-10-23(11-31)12-32(13-23)22-29-28-20-9-30(17-3-4-17)8-15-6-16(24)2-5-19(15)33(20)22/h2,5-7,17H,3-4,8-13H2,1H3. The van der Waals surface area contributed by atoms with Gasteiger partial charge in [0, 0.05) is 49.2 Å². The minimum absolute atomic E-state index is 0.200. The van der Waals surface area contributed by atoms with E-state index in [0.29, 0.717) is 17.7 Å². The summed E-state index contributed by atoms with van der Waals surface area (Å²) in [4.78, 5) is 15.4. The molecule has 33 heavy (non-hydrogen) atoms. The molecule has 1 aliphatic carbocycles. The summed E-state index contributed by atoms with van der Waals surface area (Å²) in [6.45, 7) is 6.94. The number of anilines is 2. The first-order valence-corrected chi connectivity index (χ1v) is 11.8. The topological polar surface area (TPSA) is 66.2 Å². The van der Waals surface area contributed by atoms with Crippen LogP contribution < -0.4 is 9.80 Å². The first-order chi connectivity index (χ1) is 16.0. The molecular weight excluding hydrogens is 443 g/mol. The SMILES string of the molecule is Cc1nc(N2CC3(C2)CN(c2nnc4n2-c2ccc(Cl)cc2CN(C2CC2)C4)C3)ncc1F. The van der Waals surface area contributed by atoms with E-state index in [9.17, 15) is 4.39 Å². The Bertz CT molecular complexity index is 1260. The van der Waals surface area contributed by atoms with E-state index in [4.69, 9.17) is 11.6 Å². The van der Waals surface area contributed by atoms with E-state index < -0.39 is 0 Å². The molecule has 4 aliphatic rings. The summed E-state index contributed by atoms with van der Waals surface area (Å²) in [5.41, 5.74) is 2.94. The van der Waals surface area contributed by atoms with Crippen LogP contribution in [0.4, 0.5) is 16.3 Å². The highest BCUT2D eigenvalue weighted by molar-refractivity contribution is 6.30. The number of nitrogens with zero attached hydrogens (tertiary/aromatic N) is 8. The van der Waals surface area contributed by atoms with E-state index in [-0.39, 0.29) is 11.2 Å². The van der Waals surface area contributed by atoms with E-state index in [2.05, 4.69) is 51.6 Å². The molecular formula is C23H24ClFN8. The highest BCUT2D eigenvalue weighted by atomic mass is 35.5. The molecule has 8 nitrogen and oxygen atoms in total. The number of aryl methyl sites for hydroxylation is 1. The molecule has 2 saturated heterocycles. The largest absolute Gasteiger partial charge is 0.339 e. The number of hydrogen-bond acceptors (Lipinski definition) is 7. The van der Waals surface area contributed by atoms with Crippen molar-refractivity contribution in [3.63, 3.8) is 0 Å². The maximum atomic E-state index is 13.5. The second-order valence-corrected chi connectivity index (χ2v) is 10.4. The minimum Gasteiger partial charge on any atom is -0.339 e. The summed E-state index contributed by atoms with van der Waals surface area (Å²) < 4.78 is 15.7. The smallest absolute Gasteiger partial charge is 0.231 e. The lowest BCUT2D eigenvalue weighted by Crippen LogP contribution is -2.73. The summed E-state index contributed by atoms with van der Waals surface area (Å²) in [5.74, 6) is 2.15. The lowest BCUT2D eigenvalue weighted by molar-refractivity contribution is 0.152. The van der Waals surface area contributed by atoms with Gasteiger partial charge < -0.3 is 9.80 Å². The van der Waals surface area contributed by atoms with E-state index in [1.54, 1.807) is 6.92 Å². The third kappa shape index (κ3) is 3.13. The average molecular weight is 467 g/mol. The van der Waals surface area contributed by atoms with Gasteiger partial charge >= 0.3 is 0 Å². The van der Waals surface area contributed by atoms with Gasteiger partial charge in [-0.2, -0.15) is 0 Å². The van der Waals surface area contributed by atoms with E-state index in [0.717, 1.165) is 61.8 Å². The minimum atomic E-state index is -0.363. The van der Waals surface area contributed by atoms with Gasteiger partial charge in [-0.3, -0.25) is 9.47 Å². The van der Waals surface area contributed by atoms with E-state index in [1.165, 1.54) is 24.6 Å². The molecule has 10 heteroatoms. The Morgan fingerprint density at radius 1 is 1.06 bits per heavy atom. The van der Waals surface area contributed by atoms with E-state index >= 15 is 0 Å². The van der Waals surface area contributed by atoms with Crippen molar-refractivity contribution in [3.8, 4) is 5.69 Å². The summed E-state index contributed by atoms with van der Waals surface area (Å²) in [7, 11) is 0. The molecule has 3 aliphatic heterocycles. The van der Waals surface area contributed by atoms with Gasteiger partial charge in [0.25, 0.3) is 0 Å². The van der Waals surface area contributed by atoms with Gasteiger partial charge in [0.15, 0.2) is 11.6 Å². The molecule has 5 heterocycles. The molecule has 0 atom stereocenters. The lowest BCUT2D eigenvalue weighted by Gasteiger charge is -2.60. The van der Waals surface area contributed by atoms with Crippen LogP contribution in [0.3, 0.4) is 0 Å². The molecule has 3 fully saturated rings. The second-order valence-electron chi connectivity index (χ2n) is 9.98. The molecule has 1 saturated carbocycles. The van der Waals surface area contributed by atoms with Crippen LogP contribution in [-0.4, -0.2) is 61.9 Å². The lowest BCUT2D eigenvalue weighted by atomic mass is 9.73. The molecule has 1 aromatic carbocycles. The van der Waals surface area contributed by atoms with E-state index in [1.807, 2.05) is 6.07 Å². The molecule has 0 bridgehead atoms. The monoisotopic (exact) mass is 466 g/mol. The van der Waals surface area contributed by atoms with Gasteiger partial charge in [-0.15, -0.1) is 10.2 Å². The third-order valence-electron chi connectivity index (χ3n) is 7.35. The van der Waals surface area contributed by atoms with Gasteiger partial charge in [0.2, 0.25) is 11.9 Å². The first-order valence-electron chi connectivity index (χ1n) is 11.4. The zero-order valence-corrected chi connectivity index (χ0v) is 19.1. The summed E-state index contributed by atoms with van der Waals surface area (Å²) in [6.07, 6.45) is 3.76. The highest BCUT2D eigenvalue weighted by Gasteiger charge is 2.54. The van der Waals surface area contributed by atoms with Crippen molar-refractivity contribution in [2.24, 2.45) is 5.41 Å². The maximum Gasteiger partial charge on any atom is 0.231 e. The third-order valence-corrected chi connectivity index (χ3v) is 7.59. The van der Waals surface area contributed by atoms with Crippen molar-refractivity contribution in [2.45, 2.75) is 38.9 Å². The van der Waals surface area contributed by atoms with Gasteiger partial charge in [0.05, 0.1) is 24.1 Å². The number of rotatable bonds is 3. The fourth-order valence-electron chi connectivity index (χ4n) is 5.52. The number of hydrogen-bond donors (Lipinski definition) is 0. The molecule has 0 N–H and O–H groups in total. The quantitative estimate of drug-likeness (QED) is 0.588. The van der Waals surface area contributed by atoms with Crippen molar-refractivity contribution in [1.82, 2.24) is 29.6 Å². The van der Waals surface area contributed by atoms with Crippen LogP contribution in [0, 0.1) is 18.2 Å². The molecule has 0 radical (unpaired) electrons. The Morgan fingerprint density at radius 2 is 1.85 bits per heavy atom. The van der Waals surface area contributed by atoms with Crippen molar-refractivity contribution in [2.75, 3.05) is 36.0 Å². The normalized spacial score (nSPS) is 21.3. The van der Waals surface area contributed by atoms with Crippen LogP contribution in [-0.2, 0) is 13.1 Å². The molecule has 2 aromatic heterocycles. The average Bonchev–Trinajstić information content (AvgIpc) is 3.52. The predicted octanol–water partition coefficient (Wildman–Crippen LogP) is 2.96. The summed E-state index contributed by atoms with van der Waals surface area (Å²) in [6, 6.07) is 6.76. The zero-order valence-electron chi connectivity index (χ0n) is 18.4. The first kappa shape index (κ1) is 19.7. The molecule has 3 aromatic rings. The van der Waals surface area contributed by atoms with Crippen LogP contribution in [0.1, 0.15) is 29.9 Å². The fourth-order valence-corrected chi connectivity index (χ4v) is 5.71. The Morgan fingerprint density at radius 3 is 2.61 bits per heavy atom. The van der Waals surface area contributed by atoms with Crippen molar-refractivity contribution >= 4 is 23.5 Å². The van der Waals surface area contributed by atoms with Crippen LogP contribution in [0.5, 0.6) is 0 Å². The van der Waals surface area contributed by atoms with Crippen molar-refractivity contribution < 1.29 is 4.39 Å². The fraction of sp³-hybridized carbons (Fsp3) is 0.478. The van der Waals surface area contributed by atoms with Crippen LogP contribution in [0.2, 0.25) is 5.02 Å². The van der Waals surface area contributed by atoms with Gasteiger partial charge in [-0.05, 0) is 43.5 Å². The van der Waals surface area contributed by atoms with Gasteiger partial charge in [0.1, 0.15) is 0 Å². The second kappa shape index (κ2) is 6.87. The van der Waals surface area contributed by atoms with Crippen molar-refractivity contribution in [3.05, 3.63) is 52.3 Å². The highest BCUT2D eigenvalue weighted by Crippen LogP contribution is 2.44. The predicted molar refractivity (Wildman–Crippen MR) is 122 cm³/mol. The summed E-state index contributed by atoms with van der Waals surface area (Å²) >= 11 is 6.36. The molecule has 0 amide bonds. The number of halogens is 2. The number of aromatic nitrogens is 5. The molecule has 0 unspecified atom stereocenters.